The molecule has 2 aromatic rings. The number of H-pyrrole nitrogens is 1. The molecule has 0 bridgehead atoms. The molecule has 1 heterocycles. The van der Waals surface area contributed by atoms with E-state index < -0.39 is 6.17 Å². The van der Waals surface area contributed by atoms with E-state index in [9.17, 15) is 8.78 Å². The van der Waals surface area contributed by atoms with Gasteiger partial charge in [-0.25, -0.2) is 8.78 Å². The summed E-state index contributed by atoms with van der Waals surface area (Å²) in [5.41, 5.74) is 6.88. The second kappa shape index (κ2) is 4.40. The van der Waals surface area contributed by atoms with Crippen molar-refractivity contribution >= 4 is 0 Å². The minimum atomic E-state index is -1.26. The number of alkyl halides is 1. The molecule has 0 saturated heterocycles. The summed E-state index contributed by atoms with van der Waals surface area (Å²) in [5.74, 6) is -0.333. The van der Waals surface area contributed by atoms with Crippen LogP contribution in [0.1, 0.15) is 11.7 Å². The van der Waals surface area contributed by atoms with Crippen molar-refractivity contribution in [1.82, 2.24) is 10.2 Å². The Bertz CT molecular complexity index is 464. The average molecular weight is 223 g/mol. The number of halogens is 2. The number of nitrogens with zero attached hydrogens (tertiary/aromatic N) is 1. The standard InChI is InChI=1S/C11H11F2N3/c12-8-3-1-7(2-4-8)11-9(6-15-16-11)10(13)5-14/h1-4,6,10H,5,14H2,(H,15,16). The van der Waals surface area contributed by atoms with Crippen LogP contribution in [0.4, 0.5) is 8.78 Å². The molecule has 0 aliphatic heterocycles. The summed E-state index contributed by atoms with van der Waals surface area (Å²) in [5, 5.41) is 6.46. The number of hydrogen-bond acceptors (Lipinski definition) is 2. The highest BCUT2D eigenvalue weighted by atomic mass is 19.1. The Morgan fingerprint density at radius 3 is 2.62 bits per heavy atom. The van der Waals surface area contributed by atoms with E-state index in [2.05, 4.69) is 10.2 Å². The minimum absolute atomic E-state index is 0.103. The lowest BCUT2D eigenvalue weighted by Gasteiger charge is -2.06. The van der Waals surface area contributed by atoms with Crippen LogP contribution in [-0.4, -0.2) is 16.7 Å². The van der Waals surface area contributed by atoms with Gasteiger partial charge in [0.05, 0.1) is 11.9 Å². The van der Waals surface area contributed by atoms with Gasteiger partial charge in [-0.2, -0.15) is 5.10 Å². The van der Waals surface area contributed by atoms with Crippen molar-refractivity contribution in [1.29, 1.82) is 0 Å². The molecule has 0 aliphatic carbocycles. The normalized spacial score (nSPS) is 12.7. The zero-order valence-electron chi connectivity index (χ0n) is 8.45. The number of aromatic amines is 1. The highest BCUT2D eigenvalue weighted by molar-refractivity contribution is 5.63. The minimum Gasteiger partial charge on any atom is -0.327 e. The molecular formula is C11H11F2N3. The van der Waals surface area contributed by atoms with Crippen LogP contribution in [-0.2, 0) is 0 Å². The molecule has 0 saturated carbocycles. The Hall–Kier alpha value is -1.75. The molecule has 2 rings (SSSR count). The number of rotatable bonds is 3. The van der Waals surface area contributed by atoms with E-state index in [-0.39, 0.29) is 12.4 Å². The van der Waals surface area contributed by atoms with Gasteiger partial charge in [0, 0.05) is 17.7 Å². The van der Waals surface area contributed by atoms with Crippen LogP contribution in [0.2, 0.25) is 0 Å². The number of hydrogen-bond donors (Lipinski definition) is 2. The third-order valence-corrected chi connectivity index (χ3v) is 2.35. The summed E-state index contributed by atoms with van der Waals surface area (Å²) in [6.07, 6.45) is 0.134. The first-order valence-electron chi connectivity index (χ1n) is 4.85. The third kappa shape index (κ3) is 1.94. The zero-order chi connectivity index (χ0) is 11.5. The summed E-state index contributed by atoms with van der Waals surface area (Å²) in [6.45, 7) is -0.103. The molecule has 5 heteroatoms. The van der Waals surface area contributed by atoms with Crippen molar-refractivity contribution in [2.75, 3.05) is 6.54 Å². The molecule has 0 aliphatic rings. The van der Waals surface area contributed by atoms with E-state index in [1.807, 2.05) is 0 Å². The maximum absolute atomic E-state index is 13.5. The lowest BCUT2D eigenvalue weighted by Crippen LogP contribution is -2.07. The molecular weight excluding hydrogens is 212 g/mol. The Labute approximate surface area is 91.3 Å². The van der Waals surface area contributed by atoms with Gasteiger partial charge in [0.15, 0.2) is 0 Å². The van der Waals surface area contributed by atoms with Crippen LogP contribution in [0.3, 0.4) is 0 Å². The van der Waals surface area contributed by atoms with Crippen LogP contribution in [0.5, 0.6) is 0 Å². The topological polar surface area (TPSA) is 54.7 Å². The molecule has 16 heavy (non-hydrogen) atoms. The summed E-state index contributed by atoms with van der Waals surface area (Å²) < 4.78 is 26.2. The van der Waals surface area contributed by atoms with E-state index in [1.165, 1.54) is 18.3 Å². The molecule has 1 atom stereocenters. The molecule has 1 aromatic carbocycles. The number of aromatic nitrogens is 2. The smallest absolute Gasteiger partial charge is 0.141 e. The first-order chi connectivity index (χ1) is 7.72. The maximum Gasteiger partial charge on any atom is 0.141 e. The van der Waals surface area contributed by atoms with Crippen molar-refractivity contribution < 1.29 is 8.78 Å². The van der Waals surface area contributed by atoms with Gasteiger partial charge >= 0.3 is 0 Å². The van der Waals surface area contributed by atoms with Gasteiger partial charge < -0.3 is 5.73 Å². The Morgan fingerprint density at radius 2 is 2.00 bits per heavy atom. The zero-order valence-corrected chi connectivity index (χ0v) is 8.45. The average Bonchev–Trinajstić information content (AvgIpc) is 2.78. The van der Waals surface area contributed by atoms with Crippen LogP contribution in [0, 0.1) is 5.82 Å². The van der Waals surface area contributed by atoms with Crippen LogP contribution in [0.25, 0.3) is 11.3 Å². The highest BCUT2D eigenvalue weighted by Gasteiger charge is 2.15. The summed E-state index contributed by atoms with van der Waals surface area (Å²) in [6, 6.07) is 5.76. The molecule has 0 fully saturated rings. The molecule has 3 N–H and O–H groups in total. The second-order valence-corrected chi connectivity index (χ2v) is 3.41. The van der Waals surface area contributed by atoms with Gasteiger partial charge in [0.1, 0.15) is 12.0 Å². The quantitative estimate of drug-likeness (QED) is 0.837. The van der Waals surface area contributed by atoms with Gasteiger partial charge in [0.25, 0.3) is 0 Å². The molecule has 0 amide bonds. The van der Waals surface area contributed by atoms with Gasteiger partial charge in [-0.3, -0.25) is 5.10 Å². The van der Waals surface area contributed by atoms with Crippen LogP contribution >= 0.6 is 0 Å². The van der Waals surface area contributed by atoms with Crippen molar-refractivity contribution in [3.05, 3.63) is 41.8 Å². The third-order valence-electron chi connectivity index (χ3n) is 2.35. The predicted octanol–water partition coefficient (Wildman–Crippen LogP) is 2.19. The first kappa shape index (κ1) is 10.8. The molecule has 1 unspecified atom stereocenters. The van der Waals surface area contributed by atoms with Gasteiger partial charge in [-0.05, 0) is 24.3 Å². The lowest BCUT2D eigenvalue weighted by atomic mass is 10.1. The number of nitrogens with one attached hydrogen (secondary N) is 1. The number of benzene rings is 1. The van der Waals surface area contributed by atoms with Crippen LogP contribution < -0.4 is 5.73 Å². The molecule has 1 aromatic heterocycles. The van der Waals surface area contributed by atoms with E-state index in [0.717, 1.165) is 0 Å². The van der Waals surface area contributed by atoms with Crippen molar-refractivity contribution in [2.24, 2.45) is 5.73 Å². The van der Waals surface area contributed by atoms with E-state index in [1.54, 1.807) is 12.1 Å². The Morgan fingerprint density at radius 1 is 1.31 bits per heavy atom. The fourth-order valence-corrected chi connectivity index (χ4v) is 1.51. The van der Waals surface area contributed by atoms with Crippen molar-refractivity contribution in [3.8, 4) is 11.3 Å². The van der Waals surface area contributed by atoms with E-state index in [4.69, 9.17) is 5.73 Å². The number of nitrogens with two attached hydrogens (primary N) is 1. The SMILES string of the molecule is NCC(F)c1cn[nH]c1-c1ccc(F)cc1. The Kier molecular flexibility index (Phi) is 2.96. The predicted molar refractivity (Wildman–Crippen MR) is 56.9 cm³/mol. The van der Waals surface area contributed by atoms with Crippen LogP contribution in [0.15, 0.2) is 30.5 Å². The maximum atomic E-state index is 13.5. The molecule has 3 nitrogen and oxygen atoms in total. The first-order valence-corrected chi connectivity index (χ1v) is 4.85. The lowest BCUT2D eigenvalue weighted by molar-refractivity contribution is 0.354. The van der Waals surface area contributed by atoms with Crippen molar-refractivity contribution in [3.63, 3.8) is 0 Å². The molecule has 0 spiro atoms. The summed E-state index contributed by atoms with van der Waals surface area (Å²) in [7, 11) is 0. The Balaban J connectivity index is 2.40. The largest absolute Gasteiger partial charge is 0.327 e. The summed E-state index contributed by atoms with van der Waals surface area (Å²) in [4.78, 5) is 0. The van der Waals surface area contributed by atoms with E-state index in [0.29, 0.717) is 16.8 Å². The monoisotopic (exact) mass is 223 g/mol. The van der Waals surface area contributed by atoms with Gasteiger partial charge in [-0.1, -0.05) is 0 Å². The fraction of sp³-hybridized carbons (Fsp3) is 0.182. The van der Waals surface area contributed by atoms with Gasteiger partial charge in [-0.15, -0.1) is 0 Å². The molecule has 84 valence electrons. The molecule has 0 radical (unpaired) electrons. The second-order valence-electron chi connectivity index (χ2n) is 3.41. The van der Waals surface area contributed by atoms with E-state index >= 15 is 0 Å². The summed E-state index contributed by atoms with van der Waals surface area (Å²) >= 11 is 0. The van der Waals surface area contributed by atoms with Gasteiger partial charge in [0.2, 0.25) is 0 Å². The highest BCUT2D eigenvalue weighted by Crippen LogP contribution is 2.27. The van der Waals surface area contributed by atoms with Crippen molar-refractivity contribution in [2.45, 2.75) is 6.17 Å². The fourth-order valence-electron chi connectivity index (χ4n) is 1.51.